The first-order valence-electron chi connectivity index (χ1n) is 7.45. The molecule has 0 aliphatic heterocycles. The van der Waals surface area contributed by atoms with Crippen LogP contribution in [-0.2, 0) is 4.79 Å². The lowest BCUT2D eigenvalue weighted by atomic mass is 10.1. The van der Waals surface area contributed by atoms with Gasteiger partial charge in [0, 0.05) is 13.0 Å². The standard InChI is InChI=1S/C18H19ClN2O2/c1-13(14-7-3-2-4-8-14)21-17(22)11-12-20-18(23)15-9-5-6-10-16(15)19/h2-10,13H,11-12H2,1H3,(H,20,23)(H,21,22). The SMILES string of the molecule is CC(NC(=O)CCNC(=O)c1ccccc1Cl)c1ccccc1. The van der Waals surface area contributed by atoms with Gasteiger partial charge in [0.1, 0.15) is 0 Å². The Morgan fingerprint density at radius 1 is 1.04 bits per heavy atom. The zero-order chi connectivity index (χ0) is 16.7. The molecule has 0 aromatic heterocycles. The highest BCUT2D eigenvalue weighted by molar-refractivity contribution is 6.33. The van der Waals surface area contributed by atoms with Crippen LogP contribution in [0.25, 0.3) is 0 Å². The van der Waals surface area contributed by atoms with Crippen molar-refractivity contribution in [1.29, 1.82) is 0 Å². The van der Waals surface area contributed by atoms with Crippen molar-refractivity contribution in [3.05, 3.63) is 70.7 Å². The second kappa shape index (κ2) is 8.34. The van der Waals surface area contributed by atoms with E-state index in [1.54, 1.807) is 24.3 Å². The van der Waals surface area contributed by atoms with E-state index in [0.717, 1.165) is 5.56 Å². The Balaban J connectivity index is 1.77. The molecular weight excluding hydrogens is 312 g/mol. The molecule has 5 heteroatoms. The van der Waals surface area contributed by atoms with Gasteiger partial charge in [0.25, 0.3) is 5.91 Å². The van der Waals surface area contributed by atoms with Crippen molar-refractivity contribution in [2.45, 2.75) is 19.4 Å². The normalized spacial score (nSPS) is 11.6. The Bertz CT molecular complexity index is 674. The van der Waals surface area contributed by atoms with Crippen LogP contribution in [-0.4, -0.2) is 18.4 Å². The number of benzene rings is 2. The number of hydrogen-bond acceptors (Lipinski definition) is 2. The maximum atomic E-state index is 12.0. The molecule has 2 aromatic carbocycles. The van der Waals surface area contributed by atoms with Crippen LogP contribution in [0.5, 0.6) is 0 Å². The maximum absolute atomic E-state index is 12.0. The number of carbonyl (C=O) groups excluding carboxylic acids is 2. The Labute approximate surface area is 140 Å². The van der Waals surface area contributed by atoms with Crippen LogP contribution >= 0.6 is 11.6 Å². The zero-order valence-electron chi connectivity index (χ0n) is 12.9. The molecule has 23 heavy (non-hydrogen) atoms. The molecule has 4 nitrogen and oxygen atoms in total. The Morgan fingerprint density at radius 2 is 1.70 bits per heavy atom. The van der Waals surface area contributed by atoms with Crippen molar-refractivity contribution in [3.63, 3.8) is 0 Å². The fourth-order valence-electron chi connectivity index (χ4n) is 2.17. The van der Waals surface area contributed by atoms with Gasteiger partial charge in [-0.05, 0) is 24.6 Å². The van der Waals surface area contributed by atoms with Gasteiger partial charge in [-0.2, -0.15) is 0 Å². The summed E-state index contributed by atoms with van der Waals surface area (Å²) in [5, 5.41) is 6.00. The number of rotatable bonds is 6. The van der Waals surface area contributed by atoms with E-state index in [2.05, 4.69) is 10.6 Å². The van der Waals surface area contributed by atoms with Crippen molar-refractivity contribution < 1.29 is 9.59 Å². The van der Waals surface area contributed by atoms with E-state index in [4.69, 9.17) is 11.6 Å². The Kier molecular flexibility index (Phi) is 6.18. The summed E-state index contributed by atoms with van der Waals surface area (Å²) in [6.45, 7) is 2.19. The summed E-state index contributed by atoms with van der Waals surface area (Å²) in [5.74, 6) is -0.389. The highest BCUT2D eigenvalue weighted by Crippen LogP contribution is 2.14. The molecule has 0 aliphatic carbocycles. The molecule has 2 N–H and O–H groups in total. The molecular formula is C18H19ClN2O2. The van der Waals surface area contributed by atoms with Crippen LogP contribution in [0.4, 0.5) is 0 Å². The van der Waals surface area contributed by atoms with Crippen molar-refractivity contribution in [3.8, 4) is 0 Å². The van der Waals surface area contributed by atoms with Gasteiger partial charge < -0.3 is 10.6 Å². The summed E-state index contributed by atoms with van der Waals surface area (Å²) >= 11 is 5.96. The highest BCUT2D eigenvalue weighted by atomic mass is 35.5. The van der Waals surface area contributed by atoms with Crippen LogP contribution in [0.15, 0.2) is 54.6 Å². The molecule has 0 fully saturated rings. The molecule has 120 valence electrons. The van der Waals surface area contributed by atoms with Crippen molar-refractivity contribution in [2.24, 2.45) is 0 Å². The van der Waals surface area contributed by atoms with Gasteiger partial charge in [0.2, 0.25) is 5.91 Å². The van der Waals surface area contributed by atoms with E-state index in [-0.39, 0.29) is 30.8 Å². The fourth-order valence-corrected chi connectivity index (χ4v) is 2.39. The number of carbonyl (C=O) groups is 2. The smallest absolute Gasteiger partial charge is 0.252 e. The first kappa shape index (κ1) is 17.0. The molecule has 2 amide bonds. The molecule has 1 unspecified atom stereocenters. The molecule has 0 saturated carbocycles. The summed E-state index contributed by atoms with van der Waals surface area (Å²) in [7, 11) is 0. The molecule has 2 rings (SSSR count). The molecule has 0 bridgehead atoms. The summed E-state index contributed by atoms with van der Waals surface area (Å²) in [6.07, 6.45) is 0.216. The van der Waals surface area contributed by atoms with E-state index < -0.39 is 0 Å². The van der Waals surface area contributed by atoms with Crippen molar-refractivity contribution in [2.75, 3.05) is 6.54 Å². The summed E-state index contributed by atoms with van der Waals surface area (Å²) in [4.78, 5) is 23.9. The minimum atomic E-state index is -0.278. The van der Waals surface area contributed by atoms with Gasteiger partial charge in [-0.15, -0.1) is 0 Å². The lowest BCUT2D eigenvalue weighted by molar-refractivity contribution is -0.121. The Morgan fingerprint density at radius 3 is 2.39 bits per heavy atom. The van der Waals surface area contributed by atoms with E-state index in [1.165, 1.54) is 0 Å². The zero-order valence-corrected chi connectivity index (χ0v) is 13.6. The largest absolute Gasteiger partial charge is 0.351 e. The number of nitrogens with one attached hydrogen (secondary N) is 2. The van der Waals surface area contributed by atoms with Gasteiger partial charge in [0.15, 0.2) is 0 Å². The Hall–Kier alpha value is -2.33. The first-order valence-corrected chi connectivity index (χ1v) is 7.83. The number of hydrogen-bond donors (Lipinski definition) is 2. The minimum Gasteiger partial charge on any atom is -0.351 e. The van der Waals surface area contributed by atoms with E-state index in [1.807, 2.05) is 37.3 Å². The maximum Gasteiger partial charge on any atom is 0.252 e. The van der Waals surface area contributed by atoms with Crippen LogP contribution < -0.4 is 10.6 Å². The third kappa shape index (κ3) is 5.11. The van der Waals surface area contributed by atoms with Gasteiger partial charge in [-0.1, -0.05) is 54.1 Å². The number of halogens is 1. The minimum absolute atomic E-state index is 0.0667. The fraction of sp³-hybridized carbons (Fsp3) is 0.222. The lowest BCUT2D eigenvalue weighted by Crippen LogP contribution is -2.32. The highest BCUT2D eigenvalue weighted by Gasteiger charge is 2.11. The molecule has 1 atom stereocenters. The predicted octanol–water partition coefficient (Wildman–Crippen LogP) is 3.34. The quantitative estimate of drug-likeness (QED) is 0.853. The molecule has 2 aromatic rings. The lowest BCUT2D eigenvalue weighted by Gasteiger charge is -2.14. The summed E-state index contributed by atoms with van der Waals surface area (Å²) in [6, 6.07) is 16.5. The summed E-state index contributed by atoms with van der Waals surface area (Å²) in [5.41, 5.74) is 1.45. The van der Waals surface area contributed by atoms with Crippen molar-refractivity contribution in [1.82, 2.24) is 10.6 Å². The molecule has 0 radical (unpaired) electrons. The third-order valence-electron chi connectivity index (χ3n) is 3.43. The monoisotopic (exact) mass is 330 g/mol. The van der Waals surface area contributed by atoms with Crippen molar-refractivity contribution >= 4 is 23.4 Å². The topological polar surface area (TPSA) is 58.2 Å². The predicted molar refractivity (Wildman–Crippen MR) is 91.4 cm³/mol. The molecule has 0 saturated heterocycles. The summed E-state index contributed by atoms with van der Waals surface area (Å²) < 4.78 is 0. The van der Waals surface area contributed by atoms with E-state index in [9.17, 15) is 9.59 Å². The van der Waals surface area contributed by atoms with Crippen LogP contribution in [0.3, 0.4) is 0 Å². The third-order valence-corrected chi connectivity index (χ3v) is 3.76. The van der Waals surface area contributed by atoms with Gasteiger partial charge >= 0.3 is 0 Å². The second-order valence-electron chi connectivity index (χ2n) is 5.19. The number of amides is 2. The van der Waals surface area contributed by atoms with Crippen LogP contribution in [0.2, 0.25) is 5.02 Å². The van der Waals surface area contributed by atoms with E-state index >= 15 is 0 Å². The van der Waals surface area contributed by atoms with Gasteiger partial charge in [0.05, 0.1) is 16.6 Å². The van der Waals surface area contributed by atoms with Gasteiger partial charge in [-0.3, -0.25) is 9.59 Å². The molecule has 0 spiro atoms. The van der Waals surface area contributed by atoms with Crippen LogP contribution in [0, 0.1) is 0 Å². The second-order valence-corrected chi connectivity index (χ2v) is 5.59. The average molecular weight is 331 g/mol. The average Bonchev–Trinajstić information content (AvgIpc) is 2.56. The molecule has 0 heterocycles. The van der Waals surface area contributed by atoms with Crippen LogP contribution in [0.1, 0.15) is 35.3 Å². The van der Waals surface area contributed by atoms with E-state index in [0.29, 0.717) is 10.6 Å². The first-order chi connectivity index (χ1) is 11.1. The molecule has 0 aliphatic rings. The van der Waals surface area contributed by atoms with Gasteiger partial charge in [-0.25, -0.2) is 0 Å².